The minimum Gasteiger partial charge on any atom is -0.457 e. The SMILES string of the molecule is O=S(=O)(Cl)c1ccc(Oc2ccccc2C(F)(F)F)cc1. The Hall–Kier alpha value is -1.73. The van der Waals surface area contributed by atoms with Crippen LogP contribution < -0.4 is 4.74 Å². The van der Waals surface area contributed by atoms with Crippen LogP contribution in [0.25, 0.3) is 0 Å². The lowest BCUT2D eigenvalue weighted by Crippen LogP contribution is -2.06. The maximum absolute atomic E-state index is 12.8. The highest BCUT2D eigenvalue weighted by Crippen LogP contribution is 2.37. The predicted molar refractivity (Wildman–Crippen MR) is 71.0 cm³/mol. The molecule has 0 fully saturated rings. The van der Waals surface area contributed by atoms with Crippen molar-refractivity contribution >= 4 is 19.7 Å². The van der Waals surface area contributed by atoms with Crippen molar-refractivity contribution in [3.05, 3.63) is 54.1 Å². The molecule has 112 valence electrons. The van der Waals surface area contributed by atoms with E-state index in [1.54, 1.807) is 0 Å². The highest BCUT2D eigenvalue weighted by molar-refractivity contribution is 8.13. The molecule has 0 aliphatic heterocycles. The third-order valence-electron chi connectivity index (χ3n) is 2.53. The van der Waals surface area contributed by atoms with Crippen molar-refractivity contribution in [2.75, 3.05) is 0 Å². The number of para-hydroxylation sites is 1. The number of halogens is 4. The van der Waals surface area contributed by atoms with Gasteiger partial charge in [-0.15, -0.1) is 0 Å². The van der Waals surface area contributed by atoms with Crippen molar-refractivity contribution in [1.82, 2.24) is 0 Å². The Balaban J connectivity index is 2.31. The largest absolute Gasteiger partial charge is 0.457 e. The molecule has 0 amide bonds. The van der Waals surface area contributed by atoms with Crippen molar-refractivity contribution in [2.24, 2.45) is 0 Å². The van der Waals surface area contributed by atoms with E-state index in [2.05, 4.69) is 0 Å². The van der Waals surface area contributed by atoms with Crippen LogP contribution in [0.15, 0.2) is 53.4 Å². The smallest absolute Gasteiger partial charge is 0.419 e. The molecule has 0 unspecified atom stereocenters. The second-order valence-corrected chi connectivity index (χ2v) is 6.57. The Morgan fingerprint density at radius 3 is 2.05 bits per heavy atom. The van der Waals surface area contributed by atoms with E-state index >= 15 is 0 Å². The van der Waals surface area contributed by atoms with E-state index in [0.29, 0.717) is 0 Å². The summed E-state index contributed by atoms with van der Waals surface area (Å²) in [5, 5.41) is 0. The van der Waals surface area contributed by atoms with Gasteiger partial charge in [-0.25, -0.2) is 8.42 Å². The first-order valence-corrected chi connectivity index (χ1v) is 7.88. The lowest BCUT2D eigenvalue weighted by atomic mass is 10.2. The Morgan fingerprint density at radius 1 is 0.952 bits per heavy atom. The molecule has 0 bridgehead atoms. The second kappa shape index (κ2) is 5.57. The number of alkyl halides is 3. The lowest BCUT2D eigenvalue weighted by molar-refractivity contribution is -0.138. The zero-order valence-electron chi connectivity index (χ0n) is 10.3. The molecule has 0 aliphatic rings. The first-order chi connectivity index (χ1) is 9.68. The third-order valence-corrected chi connectivity index (χ3v) is 3.90. The molecule has 0 aromatic heterocycles. The maximum Gasteiger partial charge on any atom is 0.419 e. The molecular weight excluding hydrogens is 329 g/mol. The summed E-state index contributed by atoms with van der Waals surface area (Å²) < 4.78 is 65.7. The van der Waals surface area contributed by atoms with Crippen molar-refractivity contribution in [3.8, 4) is 11.5 Å². The molecule has 0 aliphatic carbocycles. The Kier molecular flexibility index (Phi) is 4.15. The number of hydrogen-bond acceptors (Lipinski definition) is 3. The fourth-order valence-electron chi connectivity index (χ4n) is 1.59. The summed E-state index contributed by atoms with van der Waals surface area (Å²) in [5.41, 5.74) is -0.918. The van der Waals surface area contributed by atoms with E-state index in [1.807, 2.05) is 0 Å². The van der Waals surface area contributed by atoms with Crippen LogP contribution in [-0.2, 0) is 15.2 Å². The Bertz CT molecular complexity index is 740. The van der Waals surface area contributed by atoms with Gasteiger partial charge >= 0.3 is 6.18 Å². The molecule has 2 aromatic rings. The van der Waals surface area contributed by atoms with Crippen molar-refractivity contribution in [3.63, 3.8) is 0 Å². The average molecular weight is 337 g/mol. The van der Waals surface area contributed by atoms with Gasteiger partial charge in [0.2, 0.25) is 0 Å². The lowest BCUT2D eigenvalue weighted by Gasteiger charge is -2.13. The van der Waals surface area contributed by atoms with Gasteiger partial charge < -0.3 is 4.74 Å². The van der Waals surface area contributed by atoms with E-state index in [4.69, 9.17) is 15.4 Å². The Morgan fingerprint density at radius 2 is 1.52 bits per heavy atom. The predicted octanol–water partition coefficient (Wildman–Crippen LogP) is 4.43. The molecule has 8 heteroatoms. The number of rotatable bonds is 3. The summed E-state index contributed by atoms with van der Waals surface area (Å²) in [6, 6.07) is 9.47. The summed E-state index contributed by atoms with van der Waals surface area (Å²) in [6.45, 7) is 0. The Labute approximate surface area is 123 Å². The minimum absolute atomic E-state index is 0.0655. The standard InChI is InChI=1S/C13H8ClF3O3S/c14-21(18,19)10-7-5-9(6-8-10)20-12-4-2-1-3-11(12)13(15,16)17/h1-8H. The summed E-state index contributed by atoms with van der Waals surface area (Å²) in [5.74, 6) is -0.303. The van der Waals surface area contributed by atoms with E-state index in [9.17, 15) is 21.6 Å². The maximum atomic E-state index is 12.8. The fraction of sp³-hybridized carbons (Fsp3) is 0.0769. The summed E-state index contributed by atoms with van der Waals surface area (Å²) in [7, 11) is 1.25. The zero-order chi connectivity index (χ0) is 15.7. The van der Waals surface area contributed by atoms with Crippen LogP contribution >= 0.6 is 10.7 Å². The molecule has 3 nitrogen and oxygen atoms in total. The van der Waals surface area contributed by atoms with Gasteiger partial charge in [0, 0.05) is 10.7 Å². The number of ether oxygens (including phenoxy) is 1. The molecule has 0 saturated heterocycles. The zero-order valence-corrected chi connectivity index (χ0v) is 11.8. The van der Waals surface area contributed by atoms with Gasteiger partial charge in [-0.05, 0) is 36.4 Å². The van der Waals surface area contributed by atoms with Crippen LogP contribution in [0.5, 0.6) is 11.5 Å². The van der Waals surface area contributed by atoms with Crippen LogP contribution in [0.4, 0.5) is 13.2 Å². The highest BCUT2D eigenvalue weighted by Gasteiger charge is 2.34. The van der Waals surface area contributed by atoms with Crippen LogP contribution in [0, 0.1) is 0 Å². The summed E-state index contributed by atoms with van der Waals surface area (Å²) >= 11 is 0. The number of benzene rings is 2. The van der Waals surface area contributed by atoms with Crippen molar-refractivity contribution in [1.29, 1.82) is 0 Å². The topological polar surface area (TPSA) is 43.4 Å². The van der Waals surface area contributed by atoms with Crippen molar-refractivity contribution < 1.29 is 26.3 Å². The number of hydrogen-bond donors (Lipinski definition) is 0. The fourth-order valence-corrected chi connectivity index (χ4v) is 2.36. The molecule has 0 heterocycles. The van der Waals surface area contributed by atoms with Gasteiger partial charge in [-0.2, -0.15) is 13.2 Å². The third kappa shape index (κ3) is 3.89. The monoisotopic (exact) mass is 336 g/mol. The van der Waals surface area contributed by atoms with E-state index < -0.39 is 20.8 Å². The van der Waals surface area contributed by atoms with E-state index in [1.165, 1.54) is 30.3 Å². The molecule has 21 heavy (non-hydrogen) atoms. The normalized spacial score (nSPS) is 12.2. The molecule has 0 spiro atoms. The van der Waals surface area contributed by atoms with Crippen LogP contribution in [0.1, 0.15) is 5.56 Å². The second-order valence-electron chi connectivity index (χ2n) is 4.01. The highest BCUT2D eigenvalue weighted by atomic mass is 35.7. The van der Waals surface area contributed by atoms with Crippen LogP contribution in [-0.4, -0.2) is 8.42 Å². The van der Waals surface area contributed by atoms with Crippen LogP contribution in [0.3, 0.4) is 0 Å². The molecule has 0 radical (unpaired) electrons. The van der Waals surface area contributed by atoms with Gasteiger partial charge in [-0.3, -0.25) is 0 Å². The van der Waals surface area contributed by atoms with Crippen LogP contribution in [0.2, 0.25) is 0 Å². The molecule has 0 saturated carbocycles. The van der Waals surface area contributed by atoms with Gasteiger partial charge in [0.25, 0.3) is 9.05 Å². The van der Waals surface area contributed by atoms with E-state index in [-0.39, 0.29) is 16.4 Å². The van der Waals surface area contributed by atoms with Gasteiger partial charge in [0.05, 0.1) is 10.5 Å². The first-order valence-electron chi connectivity index (χ1n) is 5.57. The van der Waals surface area contributed by atoms with Gasteiger partial charge in [0.1, 0.15) is 11.5 Å². The van der Waals surface area contributed by atoms with Gasteiger partial charge in [-0.1, -0.05) is 12.1 Å². The molecule has 0 N–H and O–H groups in total. The summed E-state index contributed by atoms with van der Waals surface area (Å²) in [4.78, 5) is -0.166. The summed E-state index contributed by atoms with van der Waals surface area (Å²) in [6.07, 6.45) is -4.55. The molecule has 0 atom stereocenters. The quantitative estimate of drug-likeness (QED) is 0.779. The van der Waals surface area contributed by atoms with E-state index in [0.717, 1.165) is 18.2 Å². The van der Waals surface area contributed by atoms with Gasteiger partial charge in [0.15, 0.2) is 0 Å². The molecule has 2 aromatic carbocycles. The minimum atomic E-state index is -4.55. The molecule has 2 rings (SSSR count). The molecular formula is C13H8ClF3O3S. The average Bonchev–Trinajstić information content (AvgIpc) is 2.37. The van der Waals surface area contributed by atoms with Crippen molar-refractivity contribution in [2.45, 2.75) is 11.1 Å². The first kappa shape index (κ1) is 15.7.